The van der Waals surface area contributed by atoms with Crippen molar-refractivity contribution >= 4 is 11.8 Å². The van der Waals surface area contributed by atoms with Crippen LogP contribution in [0.15, 0.2) is 72.8 Å². The number of rotatable bonds is 11. The molecule has 0 spiro atoms. The first-order valence-corrected chi connectivity index (χ1v) is 11.8. The molecular formula is C29H34N2O4. The van der Waals surface area contributed by atoms with Crippen LogP contribution in [0.5, 0.6) is 11.5 Å². The Morgan fingerprint density at radius 3 is 2.40 bits per heavy atom. The van der Waals surface area contributed by atoms with E-state index >= 15 is 0 Å². The molecule has 0 fully saturated rings. The Bertz CT molecular complexity index is 1130. The molecule has 1 atom stereocenters. The van der Waals surface area contributed by atoms with Crippen LogP contribution in [0.4, 0.5) is 0 Å². The molecule has 0 radical (unpaired) electrons. The maximum Gasteiger partial charge on any atom is 0.261 e. The Morgan fingerprint density at radius 2 is 1.69 bits per heavy atom. The molecule has 0 bridgehead atoms. The molecule has 3 aromatic carbocycles. The SMILES string of the molecule is CCNC(=O)[C@H](Cc1ccccc1)N(Cc1cccc(OC)c1)C(=O)COc1cc(C)ccc1C. The minimum absolute atomic E-state index is 0.168. The van der Waals surface area contributed by atoms with Crippen LogP contribution in [-0.2, 0) is 22.6 Å². The van der Waals surface area contributed by atoms with Crippen molar-refractivity contribution in [2.24, 2.45) is 0 Å². The highest BCUT2D eigenvalue weighted by atomic mass is 16.5. The zero-order valence-electron chi connectivity index (χ0n) is 20.9. The monoisotopic (exact) mass is 474 g/mol. The van der Waals surface area contributed by atoms with Crippen molar-refractivity contribution in [3.8, 4) is 11.5 Å². The minimum Gasteiger partial charge on any atom is -0.497 e. The number of benzene rings is 3. The van der Waals surface area contributed by atoms with E-state index in [4.69, 9.17) is 9.47 Å². The standard InChI is InChI=1S/C29H34N2O4/c1-5-30-29(33)26(18-23-10-7-6-8-11-23)31(19-24-12-9-13-25(17-24)34-4)28(32)20-35-27-16-21(2)14-15-22(27)3/h6-17,26H,5,18-20H2,1-4H3,(H,30,33)/t26-/m0/s1. The van der Waals surface area contributed by atoms with Gasteiger partial charge in [0.25, 0.3) is 5.91 Å². The van der Waals surface area contributed by atoms with Gasteiger partial charge in [-0.15, -0.1) is 0 Å². The van der Waals surface area contributed by atoms with Crippen LogP contribution in [0.1, 0.15) is 29.2 Å². The summed E-state index contributed by atoms with van der Waals surface area (Å²) in [5.74, 6) is 0.900. The van der Waals surface area contributed by atoms with Gasteiger partial charge in [0.1, 0.15) is 17.5 Å². The van der Waals surface area contributed by atoms with Gasteiger partial charge in [-0.1, -0.05) is 54.6 Å². The number of nitrogens with one attached hydrogen (secondary N) is 1. The maximum absolute atomic E-state index is 13.6. The van der Waals surface area contributed by atoms with Crippen LogP contribution in [0.3, 0.4) is 0 Å². The fraction of sp³-hybridized carbons (Fsp3) is 0.310. The molecule has 35 heavy (non-hydrogen) atoms. The second kappa shape index (κ2) is 12.6. The summed E-state index contributed by atoms with van der Waals surface area (Å²) in [5, 5.41) is 2.90. The van der Waals surface area contributed by atoms with Crippen LogP contribution >= 0.6 is 0 Å². The first-order chi connectivity index (χ1) is 16.9. The molecule has 184 valence electrons. The largest absolute Gasteiger partial charge is 0.497 e. The average Bonchev–Trinajstić information content (AvgIpc) is 2.87. The summed E-state index contributed by atoms with van der Waals surface area (Å²) < 4.78 is 11.3. The fourth-order valence-corrected chi connectivity index (χ4v) is 3.90. The minimum atomic E-state index is -0.696. The van der Waals surface area contributed by atoms with Crippen molar-refractivity contribution in [2.45, 2.75) is 39.8 Å². The quantitative estimate of drug-likeness (QED) is 0.445. The van der Waals surface area contributed by atoms with E-state index in [0.29, 0.717) is 24.5 Å². The third-order valence-corrected chi connectivity index (χ3v) is 5.80. The van der Waals surface area contributed by atoms with Gasteiger partial charge in [0.05, 0.1) is 7.11 Å². The van der Waals surface area contributed by atoms with Crippen LogP contribution in [0, 0.1) is 13.8 Å². The lowest BCUT2D eigenvalue weighted by Crippen LogP contribution is -2.51. The summed E-state index contributed by atoms with van der Waals surface area (Å²) in [5.41, 5.74) is 3.84. The Hall–Kier alpha value is -3.80. The molecule has 0 heterocycles. The maximum atomic E-state index is 13.6. The number of hydrogen-bond acceptors (Lipinski definition) is 4. The van der Waals surface area contributed by atoms with Gasteiger partial charge in [0.15, 0.2) is 6.61 Å². The number of likely N-dealkylation sites (N-methyl/N-ethyl adjacent to an activating group) is 1. The second-order valence-corrected chi connectivity index (χ2v) is 8.53. The van der Waals surface area contributed by atoms with Crippen molar-refractivity contribution in [3.05, 3.63) is 95.1 Å². The van der Waals surface area contributed by atoms with Crippen LogP contribution < -0.4 is 14.8 Å². The lowest BCUT2D eigenvalue weighted by Gasteiger charge is -2.31. The zero-order valence-corrected chi connectivity index (χ0v) is 20.9. The van der Waals surface area contributed by atoms with Gasteiger partial charge in [0, 0.05) is 19.5 Å². The molecule has 0 saturated heterocycles. The molecule has 0 aliphatic heterocycles. The summed E-state index contributed by atoms with van der Waals surface area (Å²) in [4.78, 5) is 28.4. The van der Waals surface area contributed by atoms with E-state index in [-0.39, 0.29) is 25.0 Å². The highest BCUT2D eigenvalue weighted by Crippen LogP contribution is 2.21. The van der Waals surface area contributed by atoms with Gasteiger partial charge < -0.3 is 19.7 Å². The summed E-state index contributed by atoms with van der Waals surface area (Å²) in [7, 11) is 1.60. The van der Waals surface area contributed by atoms with Gasteiger partial charge in [-0.2, -0.15) is 0 Å². The normalized spacial score (nSPS) is 11.4. The molecule has 3 rings (SSSR count). The predicted molar refractivity (Wildman–Crippen MR) is 138 cm³/mol. The zero-order chi connectivity index (χ0) is 25.2. The summed E-state index contributed by atoms with van der Waals surface area (Å²) in [6.45, 7) is 6.35. The second-order valence-electron chi connectivity index (χ2n) is 8.53. The summed E-state index contributed by atoms with van der Waals surface area (Å²) in [6, 6.07) is 22.5. The number of hydrogen-bond donors (Lipinski definition) is 1. The Labute approximate surface area is 207 Å². The number of nitrogens with zero attached hydrogens (tertiary/aromatic N) is 1. The molecular weight excluding hydrogens is 440 g/mol. The topological polar surface area (TPSA) is 67.9 Å². The van der Waals surface area contributed by atoms with E-state index in [2.05, 4.69) is 5.32 Å². The van der Waals surface area contributed by atoms with E-state index in [1.54, 1.807) is 12.0 Å². The molecule has 0 saturated carbocycles. The molecule has 3 aromatic rings. The van der Waals surface area contributed by atoms with Gasteiger partial charge >= 0.3 is 0 Å². The molecule has 0 aromatic heterocycles. The molecule has 1 N–H and O–H groups in total. The summed E-state index contributed by atoms with van der Waals surface area (Å²) in [6.07, 6.45) is 0.395. The smallest absolute Gasteiger partial charge is 0.261 e. The predicted octanol–water partition coefficient (Wildman–Crippen LogP) is 4.47. The van der Waals surface area contributed by atoms with Gasteiger partial charge in [-0.3, -0.25) is 9.59 Å². The lowest BCUT2D eigenvalue weighted by atomic mass is 10.0. The van der Waals surface area contributed by atoms with Crippen LogP contribution in [0.2, 0.25) is 0 Å². The molecule has 2 amide bonds. The number of methoxy groups -OCH3 is 1. The third kappa shape index (κ3) is 7.34. The third-order valence-electron chi connectivity index (χ3n) is 5.80. The van der Waals surface area contributed by atoms with Crippen molar-refractivity contribution < 1.29 is 19.1 Å². The first-order valence-electron chi connectivity index (χ1n) is 11.8. The molecule has 6 nitrogen and oxygen atoms in total. The van der Waals surface area contributed by atoms with Gasteiger partial charge in [-0.25, -0.2) is 0 Å². The Kier molecular flexibility index (Phi) is 9.30. The summed E-state index contributed by atoms with van der Waals surface area (Å²) >= 11 is 0. The van der Waals surface area contributed by atoms with Crippen molar-refractivity contribution in [2.75, 3.05) is 20.3 Å². The number of carbonyl (C=O) groups is 2. The van der Waals surface area contributed by atoms with Gasteiger partial charge in [-0.05, 0) is 61.2 Å². The number of carbonyl (C=O) groups excluding carboxylic acids is 2. The number of aryl methyl sites for hydroxylation is 2. The first kappa shape index (κ1) is 25.8. The van der Waals surface area contributed by atoms with E-state index < -0.39 is 6.04 Å². The van der Waals surface area contributed by atoms with E-state index in [9.17, 15) is 9.59 Å². The highest BCUT2D eigenvalue weighted by Gasteiger charge is 2.30. The molecule has 0 unspecified atom stereocenters. The van der Waals surface area contributed by atoms with Crippen LogP contribution in [0.25, 0.3) is 0 Å². The number of amides is 2. The lowest BCUT2D eigenvalue weighted by molar-refractivity contribution is -0.142. The Balaban J connectivity index is 1.92. The fourth-order valence-electron chi connectivity index (χ4n) is 3.90. The van der Waals surface area contributed by atoms with Crippen LogP contribution in [-0.4, -0.2) is 43.0 Å². The molecule has 6 heteroatoms. The Morgan fingerprint density at radius 1 is 0.943 bits per heavy atom. The van der Waals surface area contributed by atoms with Crippen molar-refractivity contribution in [1.82, 2.24) is 10.2 Å². The molecule has 0 aliphatic rings. The van der Waals surface area contributed by atoms with E-state index in [1.165, 1.54) is 0 Å². The average molecular weight is 475 g/mol. The highest BCUT2D eigenvalue weighted by molar-refractivity contribution is 5.88. The van der Waals surface area contributed by atoms with Crippen molar-refractivity contribution in [1.29, 1.82) is 0 Å². The molecule has 0 aliphatic carbocycles. The van der Waals surface area contributed by atoms with Gasteiger partial charge in [0.2, 0.25) is 5.91 Å². The van der Waals surface area contributed by atoms with E-state index in [0.717, 1.165) is 22.3 Å². The van der Waals surface area contributed by atoms with E-state index in [1.807, 2.05) is 93.6 Å². The van der Waals surface area contributed by atoms with Crippen molar-refractivity contribution in [3.63, 3.8) is 0 Å². The number of ether oxygens (including phenoxy) is 2.